The Hall–Kier alpha value is -3.09. The Balaban J connectivity index is 2.21. The first-order chi connectivity index (χ1) is 12.8. The Morgan fingerprint density at radius 3 is 2.56 bits per heavy atom. The van der Waals surface area contributed by atoms with Crippen LogP contribution in [-0.2, 0) is 16.6 Å². The molecule has 0 bridgehead atoms. The number of carbonyl (C=O) groups is 2. The van der Waals surface area contributed by atoms with Gasteiger partial charge in [-0.25, -0.2) is 0 Å². The zero-order chi connectivity index (χ0) is 19.9. The lowest BCUT2D eigenvalue weighted by Gasteiger charge is -2.21. The third-order valence-electron chi connectivity index (χ3n) is 4.91. The minimum atomic E-state index is -0.704. The lowest BCUT2D eigenvalue weighted by Crippen LogP contribution is -2.24. The van der Waals surface area contributed by atoms with Crippen molar-refractivity contribution in [2.45, 2.75) is 26.8 Å². The molecule has 1 aliphatic heterocycles. The molecular formula is C20H23N3O4. The number of amides is 1. The molecule has 1 aliphatic rings. The third kappa shape index (κ3) is 2.99. The summed E-state index contributed by atoms with van der Waals surface area (Å²) < 4.78 is 7.17. The maximum atomic E-state index is 12.7. The second-order valence-electron chi connectivity index (χ2n) is 6.58. The quantitative estimate of drug-likeness (QED) is 0.508. The third-order valence-corrected chi connectivity index (χ3v) is 4.91. The fraction of sp³-hybridized carbons (Fsp3) is 0.350. The van der Waals surface area contributed by atoms with Crippen molar-refractivity contribution in [1.82, 2.24) is 14.7 Å². The van der Waals surface area contributed by atoms with Crippen molar-refractivity contribution in [1.29, 1.82) is 0 Å². The normalized spacial score (nSPS) is 19.0. The summed E-state index contributed by atoms with van der Waals surface area (Å²) in [5, 5.41) is 15.3. The highest BCUT2D eigenvalue weighted by Gasteiger charge is 2.44. The Kier molecular flexibility index (Phi) is 4.78. The van der Waals surface area contributed by atoms with Crippen molar-refractivity contribution in [2.24, 2.45) is 7.05 Å². The molecule has 1 saturated heterocycles. The van der Waals surface area contributed by atoms with Crippen molar-refractivity contribution in [3.63, 3.8) is 0 Å². The molecule has 3 rings (SSSR count). The van der Waals surface area contributed by atoms with E-state index in [0.717, 1.165) is 0 Å². The molecular weight excluding hydrogens is 346 g/mol. The molecule has 0 radical (unpaired) electrons. The number of likely N-dealkylation sites (N-methyl/N-ethyl adjacent to an activating group) is 1. The van der Waals surface area contributed by atoms with Crippen LogP contribution in [0.5, 0.6) is 5.75 Å². The lowest BCUT2D eigenvalue weighted by atomic mass is 9.94. The zero-order valence-corrected chi connectivity index (χ0v) is 16.1. The fourth-order valence-corrected chi connectivity index (χ4v) is 3.53. The van der Waals surface area contributed by atoms with Crippen LogP contribution >= 0.6 is 0 Å². The predicted molar refractivity (Wildman–Crippen MR) is 100 cm³/mol. The predicted octanol–water partition coefficient (Wildman–Crippen LogP) is 2.49. The lowest BCUT2D eigenvalue weighted by molar-refractivity contribution is -0.139. The highest BCUT2D eigenvalue weighted by molar-refractivity contribution is 6.46. The summed E-state index contributed by atoms with van der Waals surface area (Å²) in [5.41, 5.74) is 2.55. The van der Waals surface area contributed by atoms with Gasteiger partial charge in [0.05, 0.1) is 29.5 Å². The van der Waals surface area contributed by atoms with E-state index in [-0.39, 0.29) is 11.3 Å². The number of ether oxygens (including phenoxy) is 1. The van der Waals surface area contributed by atoms with Crippen molar-refractivity contribution in [3.8, 4) is 5.75 Å². The first-order valence-electron chi connectivity index (χ1n) is 8.75. The van der Waals surface area contributed by atoms with Crippen LogP contribution in [0.25, 0.3) is 5.76 Å². The average molecular weight is 369 g/mol. The van der Waals surface area contributed by atoms with Crippen LogP contribution < -0.4 is 4.74 Å². The summed E-state index contributed by atoms with van der Waals surface area (Å²) >= 11 is 0. The zero-order valence-electron chi connectivity index (χ0n) is 16.1. The first-order valence-corrected chi connectivity index (χ1v) is 8.75. The van der Waals surface area contributed by atoms with E-state index in [1.807, 2.05) is 26.0 Å². The number of hydrogen-bond donors (Lipinski definition) is 1. The second kappa shape index (κ2) is 6.90. The van der Waals surface area contributed by atoms with Gasteiger partial charge in [0.2, 0.25) is 0 Å². The van der Waals surface area contributed by atoms with E-state index in [1.54, 1.807) is 37.8 Å². The summed E-state index contributed by atoms with van der Waals surface area (Å²) in [6.07, 6.45) is 0. The highest BCUT2D eigenvalue weighted by Crippen LogP contribution is 2.40. The molecule has 0 spiro atoms. The van der Waals surface area contributed by atoms with Gasteiger partial charge in [0.1, 0.15) is 11.5 Å². The fourth-order valence-electron chi connectivity index (χ4n) is 3.53. The van der Waals surface area contributed by atoms with E-state index in [2.05, 4.69) is 5.10 Å². The SMILES string of the molecule is CCOc1cccc(C2/C(=C(\O)c3c(C)nn(C)c3C)C(=O)C(=O)N2C)c1. The molecule has 142 valence electrons. The summed E-state index contributed by atoms with van der Waals surface area (Å²) in [4.78, 5) is 26.4. The van der Waals surface area contributed by atoms with Gasteiger partial charge in [0.25, 0.3) is 11.7 Å². The van der Waals surface area contributed by atoms with Crippen molar-refractivity contribution >= 4 is 17.4 Å². The number of aromatic nitrogens is 2. The summed E-state index contributed by atoms with van der Waals surface area (Å²) in [7, 11) is 3.32. The largest absolute Gasteiger partial charge is 0.507 e. The van der Waals surface area contributed by atoms with Crippen LogP contribution in [0.2, 0.25) is 0 Å². The maximum Gasteiger partial charge on any atom is 0.295 e. The number of aliphatic hydroxyl groups excluding tert-OH is 1. The Morgan fingerprint density at radius 2 is 1.96 bits per heavy atom. The van der Waals surface area contributed by atoms with Gasteiger partial charge in [0.15, 0.2) is 0 Å². The molecule has 1 aromatic heterocycles. The van der Waals surface area contributed by atoms with Gasteiger partial charge in [-0.3, -0.25) is 14.3 Å². The number of rotatable bonds is 4. The summed E-state index contributed by atoms with van der Waals surface area (Å²) in [5.74, 6) is -0.914. The average Bonchev–Trinajstić information content (AvgIpc) is 3.02. The Morgan fingerprint density at radius 1 is 1.26 bits per heavy atom. The highest BCUT2D eigenvalue weighted by atomic mass is 16.5. The molecule has 2 heterocycles. The minimum absolute atomic E-state index is 0.0651. The molecule has 1 amide bonds. The Bertz CT molecular complexity index is 958. The molecule has 0 saturated carbocycles. The van der Waals surface area contributed by atoms with Crippen LogP contribution in [0.4, 0.5) is 0 Å². The van der Waals surface area contributed by atoms with Gasteiger partial charge >= 0.3 is 0 Å². The first kappa shape index (κ1) is 18.7. The van der Waals surface area contributed by atoms with Crippen LogP contribution in [0.15, 0.2) is 29.8 Å². The number of ketones is 1. The van der Waals surface area contributed by atoms with Crippen LogP contribution in [-0.4, -0.2) is 45.1 Å². The van der Waals surface area contributed by atoms with Crippen molar-refractivity contribution < 1.29 is 19.4 Å². The minimum Gasteiger partial charge on any atom is -0.507 e. The molecule has 1 aromatic carbocycles. The van der Waals surface area contributed by atoms with Crippen molar-refractivity contribution in [2.75, 3.05) is 13.7 Å². The monoisotopic (exact) mass is 369 g/mol. The van der Waals surface area contributed by atoms with E-state index in [0.29, 0.717) is 34.9 Å². The molecule has 7 nitrogen and oxygen atoms in total. The van der Waals surface area contributed by atoms with Crippen LogP contribution in [0, 0.1) is 13.8 Å². The number of likely N-dealkylation sites (tertiary alicyclic amines) is 1. The van der Waals surface area contributed by atoms with E-state index in [9.17, 15) is 14.7 Å². The van der Waals surface area contributed by atoms with Gasteiger partial charge in [-0.2, -0.15) is 5.10 Å². The van der Waals surface area contributed by atoms with E-state index >= 15 is 0 Å². The Labute approximate surface area is 157 Å². The van der Waals surface area contributed by atoms with E-state index in [1.165, 1.54) is 4.90 Å². The summed E-state index contributed by atoms with van der Waals surface area (Å²) in [6.45, 7) is 5.95. The van der Waals surface area contributed by atoms with Crippen molar-refractivity contribution in [3.05, 3.63) is 52.4 Å². The topological polar surface area (TPSA) is 84.7 Å². The second-order valence-corrected chi connectivity index (χ2v) is 6.58. The molecule has 1 fully saturated rings. The number of carbonyl (C=O) groups excluding carboxylic acids is 2. The van der Waals surface area contributed by atoms with Gasteiger partial charge in [0, 0.05) is 19.8 Å². The van der Waals surface area contributed by atoms with Gasteiger partial charge in [-0.05, 0) is 38.5 Å². The number of hydrogen-bond acceptors (Lipinski definition) is 5. The van der Waals surface area contributed by atoms with E-state index in [4.69, 9.17) is 4.74 Å². The molecule has 2 aromatic rings. The van der Waals surface area contributed by atoms with Crippen LogP contribution in [0.3, 0.4) is 0 Å². The number of nitrogens with zero attached hydrogens (tertiary/aromatic N) is 3. The molecule has 0 aliphatic carbocycles. The standard InChI is InChI=1S/C20H23N3O4/c1-6-27-14-9-7-8-13(10-14)17-16(19(25)20(26)22(17)4)18(24)15-11(2)21-23(5)12(15)3/h7-10,17,24H,6H2,1-5H3/b18-16+. The smallest absolute Gasteiger partial charge is 0.295 e. The maximum absolute atomic E-state index is 12.7. The molecule has 27 heavy (non-hydrogen) atoms. The van der Waals surface area contributed by atoms with Gasteiger partial charge in [-0.1, -0.05) is 12.1 Å². The van der Waals surface area contributed by atoms with E-state index < -0.39 is 17.7 Å². The number of Topliss-reactive ketones (excluding diaryl/α,β-unsaturated/α-hetero) is 1. The molecule has 1 N–H and O–H groups in total. The number of benzene rings is 1. The number of aryl methyl sites for hydroxylation is 2. The number of aliphatic hydroxyl groups is 1. The summed E-state index contributed by atoms with van der Waals surface area (Å²) in [6, 6.07) is 6.52. The van der Waals surface area contributed by atoms with Crippen LogP contribution in [0.1, 0.15) is 35.5 Å². The molecule has 7 heteroatoms. The molecule has 1 atom stereocenters. The van der Waals surface area contributed by atoms with Gasteiger partial charge < -0.3 is 14.7 Å². The molecule has 1 unspecified atom stereocenters. The van der Waals surface area contributed by atoms with Gasteiger partial charge in [-0.15, -0.1) is 0 Å².